The summed E-state index contributed by atoms with van der Waals surface area (Å²) < 4.78 is 0. The minimum atomic E-state index is 0.0595. The number of carbonyl (C=O) groups is 2. The minimum absolute atomic E-state index is 0.0595. The van der Waals surface area contributed by atoms with Crippen LogP contribution in [0.25, 0.3) is 10.9 Å². The van der Waals surface area contributed by atoms with Crippen molar-refractivity contribution in [1.29, 1.82) is 0 Å². The third-order valence-electron chi connectivity index (χ3n) is 4.97. The highest BCUT2D eigenvalue weighted by Gasteiger charge is 2.23. The molecule has 2 amide bonds. The molecule has 128 valence electrons. The maximum Gasteiger partial charge on any atom is 0.222 e. The zero-order chi connectivity index (χ0) is 17.1. The molecule has 1 aliphatic rings. The van der Waals surface area contributed by atoms with Gasteiger partial charge >= 0.3 is 0 Å². The second-order valence-electron chi connectivity index (χ2n) is 6.79. The Morgan fingerprint density at radius 3 is 3.04 bits per heavy atom. The van der Waals surface area contributed by atoms with Crippen LogP contribution in [-0.2, 0) is 16.0 Å². The molecular formula is C19H25N3O2. The lowest BCUT2D eigenvalue weighted by Crippen LogP contribution is -2.40. The van der Waals surface area contributed by atoms with Crippen molar-refractivity contribution in [3.63, 3.8) is 0 Å². The van der Waals surface area contributed by atoms with E-state index in [2.05, 4.69) is 29.4 Å². The minimum Gasteiger partial charge on any atom is -0.361 e. The van der Waals surface area contributed by atoms with Crippen molar-refractivity contribution in [3.8, 4) is 0 Å². The molecule has 1 fully saturated rings. The average molecular weight is 327 g/mol. The van der Waals surface area contributed by atoms with Gasteiger partial charge in [0.1, 0.15) is 0 Å². The number of rotatable bonds is 5. The number of carbonyl (C=O) groups excluding carboxylic acids is 2. The molecule has 1 aromatic heterocycles. The molecule has 5 heteroatoms. The van der Waals surface area contributed by atoms with E-state index in [1.54, 1.807) is 4.90 Å². The van der Waals surface area contributed by atoms with Crippen LogP contribution in [0, 0.1) is 12.8 Å². The highest BCUT2D eigenvalue weighted by atomic mass is 16.2. The first kappa shape index (κ1) is 16.6. The van der Waals surface area contributed by atoms with Gasteiger partial charge in [0.05, 0.1) is 0 Å². The molecule has 24 heavy (non-hydrogen) atoms. The van der Waals surface area contributed by atoms with Crippen molar-refractivity contribution in [2.45, 2.75) is 32.6 Å². The van der Waals surface area contributed by atoms with Gasteiger partial charge in [0.2, 0.25) is 11.8 Å². The summed E-state index contributed by atoms with van der Waals surface area (Å²) >= 11 is 0. The van der Waals surface area contributed by atoms with Crippen molar-refractivity contribution in [3.05, 3.63) is 35.5 Å². The van der Waals surface area contributed by atoms with Crippen molar-refractivity contribution in [2.75, 3.05) is 20.1 Å². The number of fused-ring (bicyclic) bond motifs is 1. The standard InChI is InChI=1S/C19H25N3O2/c1-13-4-3-5-16-19(13)15(12-20-16)6-7-17(23)21-11-14-8-9-22(2)18(24)10-14/h3-5,12,14,20H,6-11H2,1-2H3,(H,21,23)/t14-/m0/s1. The first-order valence-electron chi connectivity index (χ1n) is 8.61. The molecule has 0 saturated carbocycles. The largest absolute Gasteiger partial charge is 0.361 e. The number of nitrogens with one attached hydrogen (secondary N) is 2. The predicted molar refractivity (Wildman–Crippen MR) is 94.7 cm³/mol. The lowest BCUT2D eigenvalue weighted by molar-refractivity contribution is -0.134. The maximum absolute atomic E-state index is 12.1. The van der Waals surface area contributed by atoms with Crippen LogP contribution in [0.2, 0.25) is 0 Å². The first-order valence-corrected chi connectivity index (χ1v) is 8.61. The third kappa shape index (κ3) is 3.61. The van der Waals surface area contributed by atoms with E-state index in [4.69, 9.17) is 0 Å². The first-order chi connectivity index (χ1) is 11.5. The summed E-state index contributed by atoms with van der Waals surface area (Å²) in [6, 6.07) is 6.19. The molecule has 0 aliphatic carbocycles. The highest BCUT2D eigenvalue weighted by molar-refractivity contribution is 5.87. The Labute approximate surface area is 142 Å². The monoisotopic (exact) mass is 327 g/mol. The lowest BCUT2D eigenvalue weighted by Gasteiger charge is -2.28. The van der Waals surface area contributed by atoms with Gasteiger partial charge in [-0.1, -0.05) is 12.1 Å². The number of nitrogens with zero attached hydrogens (tertiary/aromatic N) is 1. The number of likely N-dealkylation sites (tertiary alicyclic amines) is 1. The zero-order valence-electron chi connectivity index (χ0n) is 14.4. The van der Waals surface area contributed by atoms with Gasteiger partial charge in [-0.05, 0) is 42.9 Å². The van der Waals surface area contributed by atoms with Crippen LogP contribution < -0.4 is 5.32 Å². The van der Waals surface area contributed by atoms with Crippen molar-refractivity contribution >= 4 is 22.7 Å². The van der Waals surface area contributed by atoms with Crippen LogP contribution in [-0.4, -0.2) is 41.8 Å². The Morgan fingerprint density at radius 2 is 2.25 bits per heavy atom. The Kier molecular flexibility index (Phi) is 4.88. The summed E-state index contributed by atoms with van der Waals surface area (Å²) in [7, 11) is 1.83. The molecule has 2 aromatic rings. The zero-order valence-corrected chi connectivity index (χ0v) is 14.4. The molecule has 3 rings (SSSR count). The van der Waals surface area contributed by atoms with Crippen molar-refractivity contribution in [2.24, 2.45) is 5.92 Å². The molecule has 1 atom stereocenters. The Balaban J connectivity index is 1.50. The Hall–Kier alpha value is -2.30. The number of amides is 2. The van der Waals surface area contributed by atoms with Gasteiger partial charge < -0.3 is 15.2 Å². The second kappa shape index (κ2) is 7.07. The lowest BCUT2D eigenvalue weighted by atomic mass is 9.96. The molecule has 1 aliphatic heterocycles. The second-order valence-corrected chi connectivity index (χ2v) is 6.79. The maximum atomic E-state index is 12.1. The summed E-state index contributed by atoms with van der Waals surface area (Å²) in [5.41, 5.74) is 3.54. The fourth-order valence-corrected chi connectivity index (χ4v) is 3.42. The molecule has 1 aromatic carbocycles. The number of benzene rings is 1. The number of aromatic amines is 1. The number of hydrogen-bond acceptors (Lipinski definition) is 2. The predicted octanol–water partition coefficient (Wildman–Crippen LogP) is 2.39. The van der Waals surface area contributed by atoms with Crippen molar-refractivity contribution in [1.82, 2.24) is 15.2 Å². The normalized spacial score (nSPS) is 18.2. The summed E-state index contributed by atoms with van der Waals surface area (Å²) in [6.45, 7) is 3.48. The van der Waals surface area contributed by atoms with Gasteiger partial charge in [0, 0.05) is 50.1 Å². The van der Waals surface area contributed by atoms with Gasteiger partial charge in [-0.3, -0.25) is 9.59 Å². The highest BCUT2D eigenvalue weighted by Crippen LogP contribution is 2.23. The number of aromatic nitrogens is 1. The van der Waals surface area contributed by atoms with Gasteiger partial charge in [0.15, 0.2) is 0 Å². The van der Waals surface area contributed by atoms with Crippen LogP contribution in [0.5, 0.6) is 0 Å². The molecule has 0 bridgehead atoms. The van der Waals surface area contributed by atoms with Gasteiger partial charge in [-0.25, -0.2) is 0 Å². The van der Waals surface area contributed by atoms with E-state index in [1.807, 2.05) is 19.3 Å². The fraction of sp³-hybridized carbons (Fsp3) is 0.474. The molecular weight excluding hydrogens is 302 g/mol. The molecule has 0 radical (unpaired) electrons. The van der Waals surface area contributed by atoms with E-state index >= 15 is 0 Å². The van der Waals surface area contributed by atoms with Crippen LogP contribution in [0.3, 0.4) is 0 Å². The molecule has 5 nitrogen and oxygen atoms in total. The molecule has 2 N–H and O–H groups in total. The smallest absolute Gasteiger partial charge is 0.222 e. The van der Waals surface area contributed by atoms with E-state index < -0.39 is 0 Å². The van der Waals surface area contributed by atoms with Crippen molar-refractivity contribution < 1.29 is 9.59 Å². The topological polar surface area (TPSA) is 65.2 Å². The number of piperidine rings is 1. The van der Waals surface area contributed by atoms with E-state index in [0.717, 1.165) is 24.9 Å². The van der Waals surface area contributed by atoms with Gasteiger partial charge in [0.25, 0.3) is 0 Å². The van der Waals surface area contributed by atoms with Crippen LogP contribution in [0.4, 0.5) is 0 Å². The summed E-state index contributed by atoms with van der Waals surface area (Å²) in [6.07, 6.45) is 4.70. The molecule has 2 heterocycles. The van der Waals surface area contributed by atoms with E-state index in [9.17, 15) is 9.59 Å². The SMILES string of the molecule is Cc1cccc2[nH]cc(CCC(=O)NC[C@H]3CCN(C)C(=O)C3)c12. The molecule has 0 spiro atoms. The summed E-state index contributed by atoms with van der Waals surface area (Å²) in [4.78, 5) is 28.9. The van der Waals surface area contributed by atoms with E-state index in [-0.39, 0.29) is 17.7 Å². The molecule has 1 saturated heterocycles. The van der Waals surface area contributed by atoms with Crippen LogP contribution in [0.1, 0.15) is 30.4 Å². The Bertz CT molecular complexity index is 750. The van der Waals surface area contributed by atoms with E-state index in [1.165, 1.54) is 16.5 Å². The Morgan fingerprint density at radius 1 is 1.42 bits per heavy atom. The summed E-state index contributed by atoms with van der Waals surface area (Å²) in [5, 5.41) is 4.22. The number of aryl methyl sites for hydroxylation is 2. The van der Waals surface area contributed by atoms with Gasteiger partial charge in [-0.2, -0.15) is 0 Å². The fourth-order valence-electron chi connectivity index (χ4n) is 3.42. The van der Waals surface area contributed by atoms with Crippen LogP contribution >= 0.6 is 0 Å². The van der Waals surface area contributed by atoms with Crippen LogP contribution in [0.15, 0.2) is 24.4 Å². The third-order valence-corrected chi connectivity index (χ3v) is 4.97. The average Bonchev–Trinajstić information content (AvgIpc) is 2.98. The summed E-state index contributed by atoms with van der Waals surface area (Å²) in [5.74, 6) is 0.507. The number of H-pyrrole nitrogens is 1. The quantitative estimate of drug-likeness (QED) is 0.885. The van der Waals surface area contributed by atoms with E-state index in [0.29, 0.717) is 19.4 Å². The molecule has 0 unspecified atom stereocenters. The van der Waals surface area contributed by atoms with Gasteiger partial charge in [-0.15, -0.1) is 0 Å². The number of hydrogen-bond donors (Lipinski definition) is 2.